The topological polar surface area (TPSA) is 24.5 Å². The number of rotatable bonds is 6. The zero-order valence-corrected chi connectivity index (χ0v) is 12.0. The van der Waals surface area contributed by atoms with Crippen molar-refractivity contribution in [1.82, 2.24) is 10.2 Å². The van der Waals surface area contributed by atoms with Crippen LogP contribution in [-0.4, -0.2) is 56.0 Å². The van der Waals surface area contributed by atoms with Crippen molar-refractivity contribution in [1.29, 1.82) is 0 Å². The third-order valence-corrected chi connectivity index (χ3v) is 3.42. The second kappa shape index (κ2) is 7.45. The fraction of sp³-hybridized carbons (Fsp3) is 1.00. The number of hydrogen-bond acceptors (Lipinski definition) is 3. The molecule has 2 unspecified atom stereocenters. The first kappa shape index (κ1) is 16.7. The molecule has 1 aliphatic heterocycles. The van der Waals surface area contributed by atoms with Gasteiger partial charge in [0, 0.05) is 38.3 Å². The molecule has 0 aromatic heterocycles. The highest BCUT2D eigenvalue weighted by Crippen LogP contribution is 2.16. The van der Waals surface area contributed by atoms with Gasteiger partial charge in [0.15, 0.2) is 0 Å². The fourth-order valence-electron chi connectivity index (χ4n) is 2.47. The summed E-state index contributed by atoms with van der Waals surface area (Å²) in [7, 11) is 0. The fourth-order valence-corrected chi connectivity index (χ4v) is 2.47. The predicted molar refractivity (Wildman–Crippen MR) is 69.2 cm³/mol. The van der Waals surface area contributed by atoms with Crippen molar-refractivity contribution in [3.05, 3.63) is 0 Å². The maximum atomic E-state index is 11.9. The molecule has 0 aromatic carbocycles. The monoisotopic (exact) mass is 282 g/mol. The molecular weight excluding hydrogens is 257 g/mol. The highest BCUT2D eigenvalue weighted by atomic mass is 19.4. The van der Waals surface area contributed by atoms with Crippen LogP contribution in [0.2, 0.25) is 0 Å². The minimum Gasteiger partial charge on any atom is -0.372 e. The van der Waals surface area contributed by atoms with E-state index in [1.807, 2.05) is 0 Å². The lowest BCUT2D eigenvalue weighted by molar-refractivity contribution is -0.174. The SMILES string of the molecule is CC1CN(CCCOCC(F)(F)F)C(C(C)C)CN1. The molecule has 0 aromatic rings. The van der Waals surface area contributed by atoms with Crippen LogP contribution in [-0.2, 0) is 4.74 Å². The maximum absolute atomic E-state index is 11.9. The molecule has 0 amide bonds. The molecule has 19 heavy (non-hydrogen) atoms. The summed E-state index contributed by atoms with van der Waals surface area (Å²) in [5, 5.41) is 3.44. The van der Waals surface area contributed by atoms with E-state index >= 15 is 0 Å². The number of alkyl halides is 3. The predicted octanol–water partition coefficient (Wildman–Crippen LogP) is 2.27. The highest BCUT2D eigenvalue weighted by molar-refractivity contribution is 4.85. The summed E-state index contributed by atoms with van der Waals surface area (Å²) >= 11 is 0. The first-order valence-electron chi connectivity index (χ1n) is 6.91. The Bertz CT molecular complexity index is 259. The van der Waals surface area contributed by atoms with Gasteiger partial charge in [0.2, 0.25) is 0 Å². The zero-order valence-electron chi connectivity index (χ0n) is 12.0. The van der Waals surface area contributed by atoms with E-state index in [1.165, 1.54) is 0 Å². The van der Waals surface area contributed by atoms with Crippen LogP contribution in [0.25, 0.3) is 0 Å². The Morgan fingerprint density at radius 3 is 2.63 bits per heavy atom. The van der Waals surface area contributed by atoms with Crippen molar-refractivity contribution in [2.75, 3.05) is 32.8 Å². The summed E-state index contributed by atoms with van der Waals surface area (Å²) in [6.45, 7) is 8.20. The molecule has 2 atom stereocenters. The van der Waals surface area contributed by atoms with Gasteiger partial charge in [0.25, 0.3) is 0 Å². The Kier molecular flexibility index (Phi) is 6.56. The van der Waals surface area contributed by atoms with Gasteiger partial charge in [-0.1, -0.05) is 13.8 Å². The molecule has 0 aliphatic carbocycles. The largest absolute Gasteiger partial charge is 0.411 e. The Morgan fingerprint density at radius 2 is 2.05 bits per heavy atom. The Morgan fingerprint density at radius 1 is 1.37 bits per heavy atom. The molecule has 1 aliphatic rings. The lowest BCUT2D eigenvalue weighted by Gasteiger charge is -2.41. The van der Waals surface area contributed by atoms with Gasteiger partial charge in [0.05, 0.1) is 0 Å². The summed E-state index contributed by atoms with van der Waals surface area (Å²) in [5.41, 5.74) is 0. The number of halogens is 3. The Hall–Kier alpha value is -0.330. The zero-order chi connectivity index (χ0) is 14.5. The minimum atomic E-state index is -4.22. The van der Waals surface area contributed by atoms with E-state index < -0.39 is 12.8 Å². The van der Waals surface area contributed by atoms with Crippen molar-refractivity contribution in [3.8, 4) is 0 Å². The van der Waals surface area contributed by atoms with Crippen LogP contribution in [0.15, 0.2) is 0 Å². The van der Waals surface area contributed by atoms with Crippen molar-refractivity contribution < 1.29 is 17.9 Å². The maximum Gasteiger partial charge on any atom is 0.411 e. The normalized spacial score (nSPS) is 26.1. The van der Waals surface area contributed by atoms with Gasteiger partial charge in [-0.3, -0.25) is 4.90 Å². The minimum absolute atomic E-state index is 0.169. The van der Waals surface area contributed by atoms with Crippen molar-refractivity contribution in [2.45, 2.75) is 45.5 Å². The van der Waals surface area contributed by atoms with Gasteiger partial charge >= 0.3 is 6.18 Å². The number of nitrogens with zero attached hydrogens (tertiary/aromatic N) is 1. The van der Waals surface area contributed by atoms with Gasteiger partial charge in [-0.15, -0.1) is 0 Å². The average Bonchev–Trinajstić information content (AvgIpc) is 2.26. The Balaban J connectivity index is 2.25. The van der Waals surface area contributed by atoms with E-state index in [9.17, 15) is 13.2 Å². The van der Waals surface area contributed by atoms with E-state index in [0.29, 0.717) is 24.4 Å². The molecule has 1 N–H and O–H groups in total. The van der Waals surface area contributed by atoms with Gasteiger partial charge < -0.3 is 10.1 Å². The number of ether oxygens (including phenoxy) is 1. The standard InChI is InChI=1S/C13H25F3N2O/c1-10(2)12-7-17-11(3)8-18(12)5-4-6-19-9-13(14,15)16/h10-12,17H,4-9H2,1-3H3. The molecule has 0 bridgehead atoms. The van der Waals surface area contributed by atoms with Crippen LogP contribution in [0.3, 0.4) is 0 Å². The van der Waals surface area contributed by atoms with Crippen LogP contribution in [0.4, 0.5) is 13.2 Å². The van der Waals surface area contributed by atoms with E-state index in [0.717, 1.165) is 19.6 Å². The second-order valence-corrected chi connectivity index (χ2v) is 5.64. The Labute approximate surface area is 113 Å². The summed E-state index contributed by atoms with van der Waals surface area (Å²) in [6.07, 6.45) is -3.57. The third-order valence-electron chi connectivity index (χ3n) is 3.42. The highest BCUT2D eigenvalue weighted by Gasteiger charge is 2.28. The first-order chi connectivity index (χ1) is 8.79. The lowest BCUT2D eigenvalue weighted by atomic mass is 9.98. The third kappa shape index (κ3) is 6.58. The van der Waals surface area contributed by atoms with Crippen LogP contribution in [0, 0.1) is 5.92 Å². The molecule has 0 saturated carbocycles. The summed E-state index contributed by atoms with van der Waals surface area (Å²) in [6, 6.07) is 0.893. The molecule has 6 heteroatoms. The lowest BCUT2D eigenvalue weighted by Crippen LogP contribution is -2.57. The number of piperazine rings is 1. The van der Waals surface area contributed by atoms with E-state index in [1.54, 1.807) is 0 Å². The summed E-state index contributed by atoms with van der Waals surface area (Å²) < 4.78 is 40.4. The van der Waals surface area contributed by atoms with Gasteiger partial charge in [0.1, 0.15) is 6.61 Å². The second-order valence-electron chi connectivity index (χ2n) is 5.64. The van der Waals surface area contributed by atoms with Gasteiger partial charge in [-0.05, 0) is 19.3 Å². The molecule has 1 saturated heterocycles. The summed E-state index contributed by atoms with van der Waals surface area (Å²) in [4.78, 5) is 2.36. The van der Waals surface area contributed by atoms with Crippen LogP contribution < -0.4 is 5.32 Å². The van der Waals surface area contributed by atoms with Crippen LogP contribution in [0.5, 0.6) is 0 Å². The molecule has 3 nitrogen and oxygen atoms in total. The first-order valence-corrected chi connectivity index (χ1v) is 6.91. The molecule has 1 fully saturated rings. The van der Waals surface area contributed by atoms with Gasteiger partial charge in [-0.25, -0.2) is 0 Å². The number of hydrogen-bond donors (Lipinski definition) is 1. The molecular formula is C13H25F3N2O. The summed E-state index contributed by atoms with van der Waals surface area (Å²) in [5.74, 6) is 0.538. The average molecular weight is 282 g/mol. The molecule has 0 spiro atoms. The van der Waals surface area contributed by atoms with Gasteiger partial charge in [-0.2, -0.15) is 13.2 Å². The number of nitrogens with one attached hydrogen (secondary N) is 1. The smallest absolute Gasteiger partial charge is 0.372 e. The van der Waals surface area contributed by atoms with Crippen LogP contribution >= 0.6 is 0 Å². The van der Waals surface area contributed by atoms with Crippen LogP contribution in [0.1, 0.15) is 27.2 Å². The molecule has 1 heterocycles. The quantitative estimate of drug-likeness (QED) is 0.756. The van der Waals surface area contributed by atoms with Crippen molar-refractivity contribution in [3.63, 3.8) is 0 Å². The molecule has 0 radical (unpaired) electrons. The van der Waals surface area contributed by atoms with E-state index in [-0.39, 0.29) is 6.61 Å². The molecule has 1 rings (SSSR count). The molecule has 114 valence electrons. The van der Waals surface area contributed by atoms with Crippen molar-refractivity contribution in [2.24, 2.45) is 5.92 Å². The van der Waals surface area contributed by atoms with Crippen molar-refractivity contribution >= 4 is 0 Å². The van der Waals surface area contributed by atoms with E-state index in [2.05, 4.69) is 35.7 Å². The van der Waals surface area contributed by atoms with E-state index in [4.69, 9.17) is 0 Å².